The average molecular weight is 457 g/mol. The highest BCUT2D eigenvalue weighted by Gasteiger charge is 2.48. The van der Waals surface area contributed by atoms with Gasteiger partial charge < -0.3 is 10.2 Å². The van der Waals surface area contributed by atoms with Crippen LogP contribution in [0.1, 0.15) is 87.0 Å². The van der Waals surface area contributed by atoms with Crippen molar-refractivity contribution in [2.45, 2.75) is 89.9 Å². The molecular formula is C25H33ClN4O2. The fraction of sp³-hybridized carbons (Fsp3) is 0.560. The van der Waals surface area contributed by atoms with Crippen LogP contribution in [-0.2, 0) is 17.9 Å². The molecule has 2 aliphatic rings. The number of amides is 2. The number of aromatic nitrogens is 2. The summed E-state index contributed by atoms with van der Waals surface area (Å²) in [4.78, 5) is 29.1. The van der Waals surface area contributed by atoms with Crippen LogP contribution in [0.4, 0.5) is 0 Å². The summed E-state index contributed by atoms with van der Waals surface area (Å²) >= 11 is 6.43. The third-order valence-electron chi connectivity index (χ3n) is 6.87. The van der Waals surface area contributed by atoms with E-state index in [0.29, 0.717) is 17.3 Å². The zero-order valence-corrected chi connectivity index (χ0v) is 20.0. The Labute approximate surface area is 195 Å². The van der Waals surface area contributed by atoms with E-state index in [1.807, 2.05) is 37.3 Å². The lowest BCUT2D eigenvalue weighted by atomic mass is 9.93. The van der Waals surface area contributed by atoms with E-state index >= 15 is 0 Å². The number of benzene rings is 1. The Kier molecular flexibility index (Phi) is 6.61. The minimum absolute atomic E-state index is 0.114. The second kappa shape index (κ2) is 9.26. The fourth-order valence-electron chi connectivity index (χ4n) is 4.75. The summed E-state index contributed by atoms with van der Waals surface area (Å²) in [6, 6.07) is 9.50. The molecule has 1 aliphatic carbocycles. The number of hydrogen-bond donors (Lipinski definition) is 1. The van der Waals surface area contributed by atoms with Crippen molar-refractivity contribution in [1.29, 1.82) is 0 Å². The molecule has 0 radical (unpaired) electrons. The van der Waals surface area contributed by atoms with Gasteiger partial charge in [-0.15, -0.1) is 0 Å². The monoisotopic (exact) mass is 456 g/mol. The van der Waals surface area contributed by atoms with Crippen molar-refractivity contribution in [3.05, 3.63) is 52.3 Å². The van der Waals surface area contributed by atoms with Gasteiger partial charge in [0.25, 0.3) is 5.91 Å². The van der Waals surface area contributed by atoms with Crippen LogP contribution in [0.25, 0.3) is 0 Å². The van der Waals surface area contributed by atoms with Crippen molar-refractivity contribution in [1.82, 2.24) is 20.0 Å². The zero-order chi connectivity index (χ0) is 22.9. The van der Waals surface area contributed by atoms with Crippen LogP contribution < -0.4 is 5.32 Å². The lowest BCUT2D eigenvalue weighted by Crippen LogP contribution is -2.64. The van der Waals surface area contributed by atoms with Crippen molar-refractivity contribution in [2.24, 2.45) is 0 Å². The highest BCUT2D eigenvalue weighted by Crippen LogP contribution is 2.32. The molecule has 1 saturated carbocycles. The molecule has 1 atom stereocenters. The number of carbonyl (C=O) groups is 2. The van der Waals surface area contributed by atoms with E-state index in [4.69, 9.17) is 11.6 Å². The Bertz CT molecular complexity index is 994. The lowest BCUT2D eigenvalue weighted by molar-refractivity contribution is -0.134. The predicted molar refractivity (Wildman–Crippen MR) is 126 cm³/mol. The molecule has 172 valence electrons. The molecule has 1 unspecified atom stereocenters. The van der Waals surface area contributed by atoms with Crippen molar-refractivity contribution in [3.8, 4) is 0 Å². The predicted octanol–water partition coefficient (Wildman–Crippen LogP) is 4.91. The molecule has 4 rings (SSSR count). The Morgan fingerprint density at radius 1 is 1.22 bits per heavy atom. The van der Waals surface area contributed by atoms with Crippen LogP contribution in [0.3, 0.4) is 0 Å². The molecule has 32 heavy (non-hydrogen) atoms. The number of rotatable bonds is 5. The van der Waals surface area contributed by atoms with Crippen LogP contribution >= 0.6 is 11.6 Å². The van der Waals surface area contributed by atoms with Crippen molar-refractivity contribution < 1.29 is 9.59 Å². The molecule has 7 heteroatoms. The molecule has 0 spiro atoms. The highest BCUT2D eigenvalue weighted by molar-refractivity contribution is 6.31. The standard InChI is InChI=1S/C25H33ClN4O2/c1-17(2)21-14-22-23(31)29(15-18-10-8-9-13-20(18)26)25(3,16-30(22)28-21)24(32)27-19-11-6-4-5-7-12-19/h8-10,13-14,17,19H,4-7,11-12,15-16H2,1-3H3,(H,27,32). The summed E-state index contributed by atoms with van der Waals surface area (Å²) in [6.45, 7) is 6.56. The number of fused-ring (bicyclic) bond motifs is 1. The summed E-state index contributed by atoms with van der Waals surface area (Å²) in [5.74, 6) is -0.102. The molecule has 6 nitrogen and oxygen atoms in total. The molecular weight excluding hydrogens is 424 g/mol. The lowest BCUT2D eigenvalue weighted by Gasteiger charge is -2.44. The maximum Gasteiger partial charge on any atom is 0.273 e. The maximum atomic E-state index is 13.7. The quantitative estimate of drug-likeness (QED) is 0.649. The number of carbonyl (C=O) groups excluding carboxylic acids is 2. The first-order valence-electron chi connectivity index (χ1n) is 11.7. The Morgan fingerprint density at radius 2 is 1.91 bits per heavy atom. The minimum Gasteiger partial charge on any atom is -0.351 e. The van der Waals surface area contributed by atoms with Gasteiger partial charge in [-0.05, 0) is 43.4 Å². The summed E-state index contributed by atoms with van der Waals surface area (Å²) in [5, 5.41) is 8.53. The van der Waals surface area contributed by atoms with Gasteiger partial charge in [0.15, 0.2) is 0 Å². The smallest absolute Gasteiger partial charge is 0.273 e. The number of hydrogen-bond acceptors (Lipinski definition) is 3. The van der Waals surface area contributed by atoms with E-state index in [2.05, 4.69) is 24.3 Å². The largest absolute Gasteiger partial charge is 0.351 e. The van der Waals surface area contributed by atoms with Gasteiger partial charge in [-0.25, -0.2) is 0 Å². The molecule has 1 aromatic heterocycles. The fourth-order valence-corrected chi connectivity index (χ4v) is 4.95. The topological polar surface area (TPSA) is 67.2 Å². The molecule has 1 N–H and O–H groups in total. The van der Waals surface area contributed by atoms with Crippen LogP contribution in [-0.4, -0.2) is 38.1 Å². The zero-order valence-electron chi connectivity index (χ0n) is 19.2. The van der Waals surface area contributed by atoms with Gasteiger partial charge in [-0.1, -0.05) is 69.3 Å². The minimum atomic E-state index is -1.06. The SMILES string of the molecule is CC(C)c1cc2n(n1)CC(C)(C(=O)NC1CCCCCC1)N(Cc1ccccc1Cl)C2=O. The highest BCUT2D eigenvalue weighted by atomic mass is 35.5. The van der Waals surface area contributed by atoms with Gasteiger partial charge in [0.05, 0.1) is 12.2 Å². The molecule has 1 aliphatic heterocycles. The molecule has 2 heterocycles. The Hall–Kier alpha value is -2.34. The van der Waals surface area contributed by atoms with Crippen LogP contribution in [0.2, 0.25) is 5.02 Å². The third-order valence-corrected chi connectivity index (χ3v) is 7.24. The van der Waals surface area contributed by atoms with E-state index < -0.39 is 5.54 Å². The summed E-state index contributed by atoms with van der Waals surface area (Å²) in [6.07, 6.45) is 6.68. The summed E-state index contributed by atoms with van der Waals surface area (Å²) in [5.41, 5.74) is 1.16. The molecule has 2 amide bonds. The second-order valence-electron chi connectivity index (χ2n) is 9.69. The number of nitrogens with zero attached hydrogens (tertiary/aromatic N) is 3. The average Bonchev–Trinajstić information content (AvgIpc) is 3.02. The second-order valence-corrected chi connectivity index (χ2v) is 10.1. The van der Waals surface area contributed by atoms with Crippen molar-refractivity contribution in [3.63, 3.8) is 0 Å². The number of halogens is 1. The summed E-state index contributed by atoms with van der Waals surface area (Å²) in [7, 11) is 0. The maximum absolute atomic E-state index is 13.7. The number of nitrogens with one attached hydrogen (secondary N) is 1. The van der Waals surface area contributed by atoms with Crippen molar-refractivity contribution in [2.75, 3.05) is 0 Å². The van der Waals surface area contributed by atoms with Gasteiger partial charge in [0.2, 0.25) is 5.91 Å². The summed E-state index contributed by atoms with van der Waals surface area (Å²) < 4.78 is 1.72. The van der Waals surface area contributed by atoms with E-state index in [9.17, 15) is 9.59 Å². The Balaban J connectivity index is 1.69. The first kappa shape index (κ1) is 22.8. The molecule has 2 aromatic rings. The van der Waals surface area contributed by atoms with Crippen LogP contribution in [0, 0.1) is 0 Å². The van der Waals surface area contributed by atoms with Crippen LogP contribution in [0.15, 0.2) is 30.3 Å². The van der Waals surface area contributed by atoms with Gasteiger partial charge in [0.1, 0.15) is 11.2 Å². The first-order valence-corrected chi connectivity index (χ1v) is 12.1. The van der Waals surface area contributed by atoms with Crippen LogP contribution in [0.5, 0.6) is 0 Å². The van der Waals surface area contributed by atoms with E-state index in [1.54, 1.807) is 9.58 Å². The molecule has 0 saturated heterocycles. The van der Waals surface area contributed by atoms with Gasteiger partial charge in [0, 0.05) is 17.6 Å². The van der Waals surface area contributed by atoms with Gasteiger partial charge in [-0.2, -0.15) is 5.10 Å². The van der Waals surface area contributed by atoms with E-state index in [0.717, 1.165) is 36.9 Å². The van der Waals surface area contributed by atoms with E-state index in [1.165, 1.54) is 12.8 Å². The normalized spacial score (nSPS) is 22.0. The van der Waals surface area contributed by atoms with E-state index in [-0.39, 0.29) is 30.3 Å². The van der Waals surface area contributed by atoms with Gasteiger partial charge in [-0.3, -0.25) is 14.3 Å². The third kappa shape index (κ3) is 4.42. The molecule has 0 bridgehead atoms. The Morgan fingerprint density at radius 3 is 2.56 bits per heavy atom. The molecule has 1 aromatic carbocycles. The molecule has 1 fully saturated rings. The first-order chi connectivity index (χ1) is 15.3. The van der Waals surface area contributed by atoms with Crippen molar-refractivity contribution >= 4 is 23.4 Å². The van der Waals surface area contributed by atoms with Gasteiger partial charge >= 0.3 is 0 Å².